The molecule has 2 aliphatic heterocycles. The normalized spacial score (nSPS) is 25.6. The Hall–Kier alpha value is -1.30. The van der Waals surface area contributed by atoms with Gasteiger partial charge < -0.3 is 19.3 Å². The van der Waals surface area contributed by atoms with Crippen molar-refractivity contribution in [3.05, 3.63) is 29.3 Å². The van der Waals surface area contributed by atoms with Crippen LogP contribution in [0.2, 0.25) is 5.02 Å². The molecule has 1 amide bonds. The molecule has 0 N–H and O–H groups in total. The quantitative estimate of drug-likeness (QED) is 0.845. The van der Waals surface area contributed by atoms with Gasteiger partial charge in [0.25, 0.3) is 5.91 Å². The molecule has 0 saturated carbocycles. The van der Waals surface area contributed by atoms with Crippen molar-refractivity contribution in [1.82, 2.24) is 9.80 Å². The monoisotopic (exact) mass is 324 g/mol. The number of hydrogen-bond donors (Lipinski definition) is 0. The molecule has 6 heteroatoms. The third-order valence-corrected chi connectivity index (χ3v) is 4.48. The lowest BCUT2D eigenvalue weighted by molar-refractivity contribution is -0.132. The van der Waals surface area contributed by atoms with Crippen molar-refractivity contribution in [3.63, 3.8) is 0 Å². The molecule has 2 atom stereocenters. The molecule has 2 aliphatic rings. The summed E-state index contributed by atoms with van der Waals surface area (Å²) >= 11 is 5.90. The van der Waals surface area contributed by atoms with Gasteiger partial charge in [0.15, 0.2) is 6.61 Å². The molecule has 0 aromatic heterocycles. The van der Waals surface area contributed by atoms with E-state index in [1.807, 2.05) is 4.90 Å². The van der Waals surface area contributed by atoms with Crippen molar-refractivity contribution >= 4 is 17.5 Å². The van der Waals surface area contributed by atoms with Gasteiger partial charge in [-0.2, -0.15) is 0 Å². The van der Waals surface area contributed by atoms with Crippen LogP contribution in [0.3, 0.4) is 0 Å². The summed E-state index contributed by atoms with van der Waals surface area (Å²) in [5.74, 6) is 1.01. The van der Waals surface area contributed by atoms with E-state index in [0.29, 0.717) is 23.2 Å². The lowest BCUT2D eigenvalue weighted by atomic mass is 10.1. The van der Waals surface area contributed by atoms with Crippen LogP contribution in [-0.4, -0.2) is 68.3 Å². The Morgan fingerprint density at radius 2 is 2.27 bits per heavy atom. The highest BCUT2D eigenvalue weighted by Crippen LogP contribution is 2.23. The minimum Gasteiger partial charge on any atom is -0.484 e. The average Bonchev–Trinajstić information content (AvgIpc) is 2.80. The number of hydrogen-bond acceptors (Lipinski definition) is 4. The summed E-state index contributed by atoms with van der Waals surface area (Å²) < 4.78 is 11.4. The summed E-state index contributed by atoms with van der Waals surface area (Å²) in [6.07, 6.45) is 0.153. The van der Waals surface area contributed by atoms with Crippen LogP contribution < -0.4 is 4.74 Å². The van der Waals surface area contributed by atoms with Gasteiger partial charge in [0.05, 0.1) is 12.7 Å². The maximum Gasteiger partial charge on any atom is 0.260 e. The van der Waals surface area contributed by atoms with Crippen molar-refractivity contribution in [2.45, 2.75) is 6.10 Å². The van der Waals surface area contributed by atoms with Gasteiger partial charge in [-0.1, -0.05) is 17.7 Å². The first-order chi connectivity index (χ1) is 10.6. The molecule has 2 saturated heterocycles. The summed E-state index contributed by atoms with van der Waals surface area (Å²) in [6.45, 7) is 4.11. The fourth-order valence-electron chi connectivity index (χ4n) is 3.05. The van der Waals surface area contributed by atoms with Crippen LogP contribution in [0, 0.1) is 5.92 Å². The smallest absolute Gasteiger partial charge is 0.260 e. The first-order valence-corrected chi connectivity index (χ1v) is 7.96. The Kier molecular flexibility index (Phi) is 4.86. The molecule has 2 fully saturated rings. The second-order valence-corrected chi connectivity index (χ2v) is 6.41. The molecular weight excluding hydrogens is 304 g/mol. The molecule has 3 rings (SSSR count). The Labute approximate surface area is 135 Å². The molecule has 0 radical (unpaired) electrons. The van der Waals surface area contributed by atoms with Crippen molar-refractivity contribution in [2.24, 2.45) is 5.92 Å². The highest BCUT2D eigenvalue weighted by atomic mass is 35.5. The number of carbonyl (C=O) groups is 1. The zero-order valence-electron chi connectivity index (χ0n) is 12.7. The average molecular weight is 325 g/mol. The van der Waals surface area contributed by atoms with E-state index < -0.39 is 0 Å². The molecule has 1 aromatic rings. The van der Waals surface area contributed by atoms with Crippen molar-refractivity contribution < 1.29 is 14.3 Å². The number of amides is 1. The molecule has 0 spiro atoms. The molecule has 5 nitrogen and oxygen atoms in total. The van der Waals surface area contributed by atoms with E-state index in [1.165, 1.54) is 0 Å². The van der Waals surface area contributed by atoms with Crippen LogP contribution in [0.25, 0.3) is 0 Å². The van der Waals surface area contributed by atoms with Gasteiger partial charge in [-0.3, -0.25) is 4.79 Å². The highest BCUT2D eigenvalue weighted by Gasteiger charge is 2.37. The Balaban J connectivity index is 1.53. The topological polar surface area (TPSA) is 42.0 Å². The Morgan fingerprint density at radius 3 is 3.09 bits per heavy atom. The highest BCUT2D eigenvalue weighted by molar-refractivity contribution is 6.30. The lowest BCUT2D eigenvalue weighted by Crippen LogP contribution is -2.35. The number of carbonyl (C=O) groups excluding carboxylic acids is 1. The number of likely N-dealkylation sites (tertiary alicyclic amines) is 1. The molecule has 120 valence electrons. The summed E-state index contributed by atoms with van der Waals surface area (Å²) in [7, 11) is 2.10. The van der Waals surface area contributed by atoms with Gasteiger partial charge in [0.2, 0.25) is 0 Å². The molecule has 1 aromatic carbocycles. The summed E-state index contributed by atoms with van der Waals surface area (Å²) in [5, 5.41) is 0.602. The maximum atomic E-state index is 12.3. The number of likely N-dealkylation sites (N-methyl/N-ethyl adjacent to an activating group) is 1. The van der Waals surface area contributed by atoms with E-state index in [1.54, 1.807) is 24.3 Å². The van der Waals surface area contributed by atoms with Crippen LogP contribution in [-0.2, 0) is 9.53 Å². The second kappa shape index (κ2) is 6.86. The first kappa shape index (κ1) is 15.6. The minimum atomic E-state index is -0.000646. The molecule has 0 unspecified atom stereocenters. The summed E-state index contributed by atoms with van der Waals surface area (Å²) in [5.41, 5.74) is 0. The predicted molar refractivity (Wildman–Crippen MR) is 84.3 cm³/mol. The fourth-order valence-corrected chi connectivity index (χ4v) is 3.23. The Morgan fingerprint density at radius 1 is 1.41 bits per heavy atom. The molecule has 2 heterocycles. The van der Waals surface area contributed by atoms with Crippen molar-refractivity contribution in [2.75, 3.05) is 46.4 Å². The number of benzene rings is 1. The summed E-state index contributed by atoms with van der Waals surface area (Å²) in [6, 6.07) is 7.09. The van der Waals surface area contributed by atoms with E-state index in [9.17, 15) is 4.79 Å². The van der Waals surface area contributed by atoms with Crippen LogP contribution in [0.4, 0.5) is 0 Å². The zero-order chi connectivity index (χ0) is 15.5. The van der Waals surface area contributed by atoms with Crippen LogP contribution in [0.15, 0.2) is 24.3 Å². The zero-order valence-corrected chi connectivity index (χ0v) is 13.5. The van der Waals surface area contributed by atoms with Crippen molar-refractivity contribution in [1.29, 1.82) is 0 Å². The second-order valence-electron chi connectivity index (χ2n) is 5.98. The van der Waals surface area contributed by atoms with E-state index >= 15 is 0 Å². The third kappa shape index (κ3) is 3.72. The summed E-state index contributed by atoms with van der Waals surface area (Å²) in [4.78, 5) is 16.4. The number of fused-ring (bicyclic) bond motifs is 1. The number of ether oxygens (including phenoxy) is 2. The molecule has 0 aliphatic carbocycles. The van der Waals surface area contributed by atoms with E-state index in [0.717, 1.165) is 26.2 Å². The van der Waals surface area contributed by atoms with Crippen molar-refractivity contribution in [3.8, 4) is 5.75 Å². The van der Waals surface area contributed by atoms with Gasteiger partial charge in [-0.15, -0.1) is 0 Å². The molecule has 22 heavy (non-hydrogen) atoms. The van der Waals surface area contributed by atoms with Gasteiger partial charge in [0, 0.05) is 37.1 Å². The van der Waals surface area contributed by atoms with Crippen LogP contribution in [0.1, 0.15) is 0 Å². The van der Waals surface area contributed by atoms with Gasteiger partial charge in [-0.25, -0.2) is 0 Å². The van der Waals surface area contributed by atoms with Gasteiger partial charge in [0.1, 0.15) is 5.75 Å². The SMILES string of the molecule is CN1CCO[C@H]2CN(C(=O)COc3cccc(Cl)c3)C[C@H]2C1. The lowest BCUT2D eigenvalue weighted by Gasteiger charge is -2.19. The predicted octanol–water partition coefficient (Wildman–Crippen LogP) is 1.51. The Bertz CT molecular complexity index is 540. The molecule has 0 bridgehead atoms. The fraction of sp³-hybridized carbons (Fsp3) is 0.562. The number of halogens is 1. The minimum absolute atomic E-state index is 0.000646. The van der Waals surface area contributed by atoms with Gasteiger partial charge in [-0.05, 0) is 25.2 Å². The maximum absolute atomic E-state index is 12.3. The number of rotatable bonds is 3. The first-order valence-electron chi connectivity index (χ1n) is 7.58. The number of nitrogens with zero attached hydrogens (tertiary/aromatic N) is 2. The van der Waals surface area contributed by atoms with E-state index in [-0.39, 0.29) is 18.6 Å². The third-order valence-electron chi connectivity index (χ3n) is 4.24. The molecular formula is C16H21ClN2O3. The standard InChI is InChI=1S/C16H21ClN2O3/c1-18-5-6-21-15-10-19(9-12(15)8-18)16(20)11-22-14-4-2-3-13(17)7-14/h2-4,7,12,15H,5-6,8-11H2,1H3/t12-,15+/m1/s1. The van der Waals surface area contributed by atoms with E-state index in [4.69, 9.17) is 21.1 Å². The van der Waals surface area contributed by atoms with Crippen LogP contribution in [0.5, 0.6) is 5.75 Å². The largest absolute Gasteiger partial charge is 0.484 e. The van der Waals surface area contributed by atoms with E-state index in [2.05, 4.69) is 11.9 Å². The van der Waals surface area contributed by atoms with Crippen LogP contribution >= 0.6 is 11.6 Å². The van der Waals surface area contributed by atoms with Gasteiger partial charge >= 0.3 is 0 Å².